The third kappa shape index (κ3) is 4.17. The highest BCUT2D eigenvalue weighted by atomic mass is 32.2. The SMILES string of the molecule is COc1ccc(NC(=O)CSc2ccc(-c3ccc4c(c3)OCO4)nn2)cc1. The molecule has 0 saturated carbocycles. The molecule has 4 rings (SSSR count). The highest BCUT2D eigenvalue weighted by Gasteiger charge is 2.14. The maximum Gasteiger partial charge on any atom is 0.234 e. The second-order valence-electron chi connectivity index (χ2n) is 5.89. The molecule has 0 spiro atoms. The number of carbonyl (C=O) groups is 1. The van der Waals surface area contributed by atoms with E-state index in [1.165, 1.54) is 11.8 Å². The molecule has 0 fully saturated rings. The summed E-state index contributed by atoms with van der Waals surface area (Å²) >= 11 is 1.32. The summed E-state index contributed by atoms with van der Waals surface area (Å²) in [7, 11) is 1.60. The number of hydrogen-bond acceptors (Lipinski definition) is 7. The van der Waals surface area contributed by atoms with E-state index in [1.54, 1.807) is 31.4 Å². The molecule has 0 aliphatic carbocycles. The molecule has 28 heavy (non-hydrogen) atoms. The smallest absolute Gasteiger partial charge is 0.234 e. The molecule has 2 aromatic carbocycles. The Bertz CT molecular complexity index is 978. The van der Waals surface area contributed by atoms with Gasteiger partial charge in [0.25, 0.3) is 0 Å². The van der Waals surface area contributed by atoms with Crippen LogP contribution in [0.2, 0.25) is 0 Å². The van der Waals surface area contributed by atoms with Gasteiger partial charge in [-0.05, 0) is 54.6 Å². The Hall–Kier alpha value is -3.26. The first kappa shape index (κ1) is 18.1. The number of hydrogen-bond donors (Lipinski definition) is 1. The van der Waals surface area contributed by atoms with Crippen LogP contribution in [-0.4, -0.2) is 35.8 Å². The number of nitrogens with zero attached hydrogens (tertiary/aromatic N) is 2. The van der Waals surface area contributed by atoms with Gasteiger partial charge in [-0.2, -0.15) is 0 Å². The van der Waals surface area contributed by atoms with Crippen molar-refractivity contribution >= 4 is 23.4 Å². The van der Waals surface area contributed by atoms with Crippen molar-refractivity contribution in [2.45, 2.75) is 5.03 Å². The first-order valence-electron chi connectivity index (χ1n) is 8.52. The lowest BCUT2D eigenvalue weighted by Crippen LogP contribution is -2.14. The number of fused-ring (bicyclic) bond motifs is 1. The van der Waals surface area contributed by atoms with Crippen LogP contribution in [0.15, 0.2) is 59.6 Å². The van der Waals surface area contributed by atoms with Crippen molar-refractivity contribution in [1.82, 2.24) is 10.2 Å². The maximum absolute atomic E-state index is 12.1. The van der Waals surface area contributed by atoms with Crippen molar-refractivity contribution in [3.63, 3.8) is 0 Å². The summed E-state index contributed by atoms with van der Waals surface area (Å²) in [4.78, 5) is 12.1. The van der Waals surface area contributed by atoms with Gasteiger partial charge in [0.05, 0.1) is 18.6 Å². The van der Waals surface area contributed by atoms with E-state index in [4.69, 9.17) is 14.2 Å². The standard InChI is InChI=1S/C20H17N3O4S/c1-25-15-5-3-14(4-6-15)21-19(24)11-28-20-9-7-16(22-23-20)13-2-8-17-18(10-13)27-12-26-17/h2-10H,11-12H2,1H3,(H,21,24). The zero-order valence-electron chi connectivity index (χ0n) is 15.0. The first-order valence-corrected chi connectivity index (χ1v) is 9.50. The molecule has 1 N–H and O–H groups in total. The van der Waals surface area contributed by atoms with Crippen molar-refractivity contribution < 1.29 is 19.0 Å². The third-order valence-electron chi connectivity index (χ3n) is 4.03. The monoisotopic (exact) mass is 395 g/mol. The van der Waals surface area contributed by atoms with Gasteiger partial charge in [-0.25, -0.2) is 0 Å². The van der Waals surface area contributed by atoms with E-state index in [-0.39, 0.29) is 18.5 Å². The van der Waals surface area contributed by atoms with E-state index in [1.807, 2.05) is 30.3 Å². The Labute approximate surface area is 166 Å². The van der Waals surface area contributed by atoms with Crippen molar-refractivity contribution in [2.75, 3.05) is 25.0 Å². The van der Waals surface area contributed by atoms with Crippen LogP contribution in [-0.2, 0) is 4.79 Å². The average Bonchev–Trinajstić information content (AvgIpc) is 3.21. The van der Waals surface area contributed by atoms with Gasteiger partial charge in [0, 0.05) is 11.3 Å². The highest BCUT2D eigenvalue weighted by molar-refractivity contribution is 7.99. The van der Waals surface area contributed by atoms with Crippen molar-refractivity contribution in [2.24, 2.45) is 0 Å². The summed E-state index contributed by atoms with van der Waals surface area (Å²) in [5, 5.41) is 11.9. The lowest BCUT2D eigenvalue weighted by Gasteiger charge is -2.06. The topological polar surface area (TPSA) is 82.6 Å². The molecule has 1 aliphatic rings. The average molecular weight is 395 g/mol. The van der Waals surface area contributed by atoms with Crippen molar-refractivity contribution in [3.05, 3.63) is 54.6 Å². The lowest BCUT2D eigenvalue weighted by atomic mass is 10.1. The minimum Gasteiger partial charge on any atom is -0.497 e. The predicted molar refractivity (Wildman–Crippen MR) is 106 cm³/mol. The molecule has 0 atom stereocenters. The van der Waals surface area contributed by atoms with Gasteiger partial charge in [-0.3, -0.25) is 4.79 Å². The molecule has 3 aromatic rings. The molecule has 0 unspecified atom stereocenters. The van der Waals surface area contributed by atoms with Crippen molar-refractivity contribution in [1.29, 1.82) is 0 Å². The molecule has 0 radical (unpaired) electrons. The molecule has 2 heterocycles. The molecule has 1 aromatic heterocycles. The summed E-state index contributed by atoms with van der Waals surface area (Å²) in [5.41, 5.74) is 2.34. The predicted octanol–water partition coefficient (Wildman–Crippen LogP) is 3.61. The largest absolute Gasteiger partial charge is 0.497 e. The van der Waals surface area contributed by atoms with Crippen LogP contribution in [0.1, 0.15) is 0 Å². The fourth-order valence-corrected chi connectivity index (χ4v) is 3.23. The maximum atomic E-state index is 12.1. The van der Waals surface area contributed by atoms with E-state index in [9.17, 15) is 4.79 Å². The molecule has 0 bridgehead atoms. The van der Waals surface area contributed by atoms with E-state index in [0.29, 0.717) is 10.8 Å². The number of anilines is 1. The molecule has 7 nitrogen and oxygen atoms in total. The second kappa shape index (κ2) is 8.18. The van der Waals surface area contributed by atoms with Gasteiger partial charge in [-0.1, -0.05) is 11.8 Å². The number of aromatic nitrogens is 2. The first-order chi connectivity index (χ1) is 13.7. The summed E-state index contributed by atoms with van der Waals surface area (Å²) < 4.78 is 15.8. The number of rotatable bonds is 6. The van der Waals surface area contributed by atoms with Gasteiger partial charge in [0.1, 0.15) is 10.8 Å². The van der Waals surface area contributed by atoms with Crippen LogP contribution < -0.4 is 19.5 Å². The summed E-state index contributed by atoms with van der Waals surface area (Å²) in [6.07, 6.45) is 0. The van der Waals surface area contributed by atoms with E-state index in [2.05, 4.69) is 15.5 Å². The van der Waals surface area contributed by atoms with Gasteiger partial charge in [-0.15, -0.1) is 10.2 Å². The van der Waals surface area contributed by atoms with Crippen molar-refractivity contribution in [3.8, 4) is 28.5 Å². The molecule has 142 valence electrons. The minimum atomic E-state index is -0.114. The number of methoxy groups -OCH3 is 1. The second-order valence-corrected chi connectivity index (χ2v) is 6.89. The number of ether oxygens (including phenoxy) is 3. The summed E-state index contributed by atoms with van der Waals surface area (Å²) in [6, 6.07) is 16.5. The lowest BCUT2D eigenvalue weighted by molar-refractivity contribution is -0.113. The Morgan fingerprint density at radius 2 is 1.89 bits per heavy atom. The van der Waals surface area contributed by atoms with Crippen LogP contribution in [0.5, 0.6) is 17.2 Å². The fraction of sp³-hybridized carbons (Fsp3) is 0.150. The quantitative estimate of drug-likeness (QED) is 0.639. The van der Waals surface area contributed by atoms with Crippen LogP contribution >= 0.6 is 11.8 Å². The minimum absolute atomic E-state index is 0.114. The molecular formula is C20H17N3O4S. The van der Waals surface area contributed by atoms with Crippen LogP contribution in [0, 0.1) is 0 Å². The van der Waals surface area contributed by atoms with E-state index >= 15 is 0 Å². The third-order valence-corrected chi connectivity index (χ3v) is 4.95. The van der Waals surface area contributed by atoms with Gasteiger partial charge in [0.15, 0.2) is 11.5 Å². The Kier molecular flexibility index (Phi) is 5.29. The van der Waals surface area contributed by atoms with Crippen LogP contribution in [0.4, 0.5) is 5.69 Å². The fourth-order valence-electron chi connectivity index (χ4n) is 2.62. The van der Waals surface area contributed by atoms with Crippen LogP contribution in [0.3, 0.4) is 0 Å². The zero-order valence-corrected chi connectivity index (χ0v) is 15.9. The molecule has 8 heteroatoms. The molecule has 1 amide bonds. The van der Waals surface area contributed by atoms with Gasteiger partial charge in [0.2, 0.25) is 12.7 Å². The highest BCUT2D eigenvalue weighted by Crippen LogP contribution is 2.35. The summed E-state index contributed by atoms with van der Waals surface area (Å²) in [6.45, 7) is 0.235. The van der Waals surface area contributed by atoms with E-state index < -0.39 is 0 Å². The number of carbonyl (C=O) groups excluding carboxylic acids is 1. The number of nitrogens with one attached hydrogen (secondary N) is 1. The van der Waals surface area contributed by atoms with Gasteiger partial charge >= 0.3 is 0 Å². The van der Waals surface area contributed by atoms with E-state index in [0.717, 1.165) is 28.4 Å². The number of amides is 1. The number of benzene rings is 2. The summed E-state index contributed by atoms with van der Waals surface area (Å²) in [5.74, 6) is 2.30. The molecule has 0 saturated heterocycles. The molecule has 1 aliphatic heterocycles. The zero-order chi connectivity index (χ0) is 19.3. The molecular weight excluding hydrogens is 378 g/mol. The number of thioether (sulfide) groups is 1. The van der Waals surface area contributed by atoms with Crippen LogP contribution in [0.25, 0.3) is 11.3 Å². The normalized spacial score (nSPS) is 11.9. The Balaban J connectivity index is 1.33. The Morgan fingerprint density at radius 3 is 2.64 bits per heavy atom. The Morgan fingerprint density at radius 1 is 1.07 bits per heavy atom. The van der Waals surface area contributed by atoms with Gasteiger partial charge < -0.3 is 19.5 Å².